The minimum atomic E-state index is -4.91. The van der Waals surface area contributed by atoms with Gasteiger partial charge in [0, 0.05) is 19.0 Å². The van der Waals surface area contributed by atoms with E-state index in [0.29, 0.717) is 38.1 Å². The molecule has 3 aliphatic carbocycles. The lowest BCUT2D eigenvalue weighted by molar-refractivity contribution is -0.143. The van der Waals surface area contributed by atoms with Gasteiger partial charge in [0.25, 0.3) is 0 Å². The molecule has 0 unspecified atom stereocenters. The number of hydrogen-bond acceptors (Lipinski definition) is 5. The summed E-state index contributed by atoms with van der Waals surface area (Å²) in [7, 11) is 0. The molecule has 0 aromatic heterocycles. The molecule has 2 aliphatic heterocycles. The Labute approximate surface area is 186 Å². The standard InChI is InChI=1S/C22H24F6N4O/c23-21(24,25)12-8-13(22(26,27)28)10-14(9-12)32-20(31-4-6-33-7-5-31)18-11-17(19(20)29-30-32)15-2-1-3-16(15)18/h8-10,15-19H,1-7,11H2/t15-,16-,17+,18+,19-,20-/m0/s1. The zero-order valence-electron chi connectivity index (χ0n) is 17.7. The number of morpholine rings is 1. The Kier molecular flexibility index (Phi) is 4.63. The number of alkyl halides is 6. The molecule has 0 N–H and O–H groups in total. The predicted octanol–water partition coefficient (Wildman–Crippen LogP) is 5.37. The van der Waals surface area contributed by atoms with Gasteiger partial charge in [-0.05, 0) is 55.2 Å². The van der Waals surface area contributed by atoms with Gasteiger partial charge in [0.2, 0.25) is 0 Å². The first-order valence-corrected chi connectivity index (χ1v) is 11.4. The molecule has 4 fully saturated rings. The van der Waals surface area contributed by atoms with Crippen LogP contribution in [0.15, 0.2) is 28.5 Å². The second kappa shape index (κ2) is 7.07. The van der Waals surface area contributed by atoms with Crippen molar-refractivity contribution in [1.29, 1.82) is 0 Å². The first-order chi connectivity index (χ1) is 15.6. The average Bonchev–Trinajstić information content (AvgIpc) is 3.51. The summed E-state index contributed by atoms with van der Waals surface area (Å²) >= 11 is 0. The van der Waals surface area contributed by atoms with Gasteiger partial charge in [-0.1, -0.05) is 11.6 Å². The summed E-state index contributed by atoms with van der Waals surface area (Å²) in [6, 6.07) is 1.49. The topological polar surface area (TPSA) is 40.4 Å². The van der Waals surface area contributed by atoms with Gasteiger partial charge in [-0.3, -0.25) is 4.90 Å². The van der Waals surface area contributed by atoms with Crippen molar-refractivity contribution in [1.82, 2.24) is 4.90 Å². The van der Waals surface area contributed by atoms with Crippen LogP contribution in [0.4, 0.5) is 32.0 Å². The van der Waals surface area contributed by atoms with Crippen molar-refractivity contribution >= 4 is 5.69 Å². The van der Waals surface area contributed by atoms with Crippen LogP contribution in [0.3, 0.4) is 0 Å². The number of ether oxygens (including phenoxy) is 1. The third-order valence-corrected chi connectivity index (χ3v) is 8.54. The van der Waals surface area contributed by atoms with Crippen LogP contribution in [-0.4, -0.2) is 42.9 Å². The van der Waals surface area contributed by atoms with E-state index in [1.54, 1.807) is 0 Å². The molecule has 0 amide bonds. The summed E-state index contributed by atoms with van der Waals surface area (Å²) in [5, 5.41) is 10.2. The molecule has 6 rings (SSSR count). The maximum atomic E-state index is 13.6. The van der Waals surface area contributed by atoms with Gasteiger partial charge >= 0.3 is 12.4 Å². The van der Waals surface area contributed by atoms with Crippen molar-refractivity contribution in [2.24, 2.45) is 34.0 Å². The Balaban J connectivity index is 1.51. The number of fused-ring (bicyclic) bond motifs is 8. The van der Waals surface area contributed by atoms with Crippen LogP contribution in [0.2, 0.25) is 0 Å². The number of anilines is 1. The van der Waals surface area contributed by atoms with Crippen LogP contribution in [0.1, 0.15) is 36.8 Å². The van der Waals surface area contributed by atoms with Crippen LogP contribution < -0.4 is 5.01 Å². The number of hydrogen-bond donors (Lipinski definition) is 0. The third kappa shape index (κ3) is 3.00. The molecular weight excluding hydrogens is 450 g/mol. The number of nitrogens with zero attached hydrogens (tertiary/aromatic N) is 4. The Hall–Kier alpha value is -1.88. The van der Waals surface area contributed by atoms with Gasteiger partial charge in [0.15, 0.2) is 0 Å². The Morgan fingerprint density at radius 1 is 0.879 bits per heavy atom. The van der Waals surface area contributed by atoms with Crippen LogP contribution in [0.25, 0.3) is 0 Å². The first-order valence-electron chi connectivity index (χ1n) is 11.4. The highest BCUT2D eigenvalue weighted by Gasteiger charge is 2.73. The Bertz CT molecular complexity index is 942. The Morgan fingerprint density at radius 3 is 2.15 bits per heavy atom. The fourth-order valence-corrected chi connectivity index (χ4v) is 7.51. The van der Waals surface area contributed by atoms with Gasteiger partial charge < -0.3 is 4.74 Å². The zero-order valence-corrected chi connectivity index (χ0v) is 17.7. The van der Waals surface area contributed by atoms with Crippen LogP contribution >= 0.6 is 0 Å². The molecule has 0 radical (unpaired) electrons. The average molecular weight is 474 g/mol. The van der Waals surface area contributed by atoms with E-state index in [9.17, 15) is 26.3 Å². The van der Waals surface area contributed by atoms with Gasteiger partial charge in [-0.25, -0.2) is 5.01 Å². The van der Waals surface area contributed by atoms with E-state index in [0.717, 1.165) is 37.8 Å². The van der Waals surface area contributed by atoms with E-state index in [1.807, 2.05) is 0 Å². The van der Waals surface area contributed by atoms with Crippen LogP contribution in [-0.2, 0) is 17.1 Å². The predicted molar refractivity (Wildman–Crippen MR) is 105 cm³/mol. The smallest absolute Gasteiger partial charge is 0.379 e. The molecule has 180 valence electrons. The lowest BCUT2D eigenvalue weighted by Gasteiger charge is -2.54. The highest BCUT2D eigenvalue weighted by atomic mass is 19.4. The zero-order chi connectivity index (χ0) is 23.2. The molecule has 1 saturated heterocycles. The van der Waals surface area contributed by atoms with E-state index in [1.165, 1.54) is 5.01 Å². The van der Waals surface area contributed by atoms with E-state index in [4.69, 9.17) is 4.74 Å². The van der Waals surface area contributed by atoms with Gasteiger partial charge in [-0.2, -0.15) is 31.5 Å². The number of halogens is 6. The van der Waals surface area contributed by atoms with E-state index < -0.39 is 29.1 Å². The summed E-state index contributed by atoms with van der Waals surface area (Å²) < 4.78 is 87.1. The van der Waals surface area contributed by atoms with Crippen LogP contribution in [0.5, 0.6) is 0 Å². The van der Waals surface area contributed by atoms with Crippen molar-refractivity contribution in [3.05, 3.63) is 29.3 Å². The molecule has 1 aromatic rings. The monoisotopic (exact) mass is 474 g/mol. The molecule has 0 spiro atoms. The normalized spacial score (nSPS) is 38.2. The van der Waals surface area contributed by atoms with Crippen molar-refractivity contribution in [3.63, 3.8) is 0 Å². The van der Waals surface area contributed by atoms with Crippen molar-refractivity contribution in [2.75, 3.05) is 31.3 Å². The molecular formula is C22H24F6N4O. The van der Waals surface area contributed by atoms with E-state index in [-0.39, 0.29) is 29.6 Å². The summed E-state index contributed by atoms with van der Waals surface area (Å²) in [6.45, 7) is 2.02. The molecule has 5 nitrogen and oxygen atoms in total. The van der Waals surface area contributed by atoms with Gasteiger partial charge in [0.05, 0.1) is 30.0 Å². The molecule has 11 heteroatoms. The first kappa shape index (κ1) is 21.6. The molecule has 1 aromatic carbocycles. The van der Waals surface area contributed by atoms with Gasteiger partial charge in [0.1, 0.15) is 11.7 Å². The van der Waals surface area contributed by atoms with E-state index in [2.05, 4.69) is 15.2 Å². The van der Waals surface area contributed by atoms with Crippen molar-refractivity contribution in [2.45, 2.75) is 49.7 Å². The lowest BCUT2D eigenvalue weighted by Crippen LogP contribution is -2.69. The number of rotatable bonds is 2. The van der Waals surface area contributed by atoms with Gasteiger partial charge in [-0.15, -0.1) is 0 Å². The molecule has 6 atom stereocenters. The fourth-order valence-electron chi connectivity index (χ4n) is 7.51. The Morgan fingerprint density at radius 2 is 1.52 bits per heavy atom. The third-order valence-electron chi connectivity index (χ3n) is 8.54. The molecule has 2 bridgehead atoms. The molecule has 33 heavy (non-hydrogen) atoms. The highest BCUT2D eigenvalue weighted by Crippen LogP contribution is 2.67. The number of benzene rings is 1. The lowest BCUT2D eigenvalue weighted by atomic mass is 9.71. The maximum absolute atomic E-state index is 13.6. The summed E-state index contributed by atoms with van der Waals surface area (Å²) in [6.07, 6.45) is -5.69. The minimum absolute atomic E-state index is 0.0944. The van der Waals surface area contributed by atoms with Crippen molar-refractivity contribution < 1.29 is 31.1 Å². The van der Waals surface area contributed by atoms with Crippen molar-refractivity contribution in [3.8, 4) is 0 Å². The van der Waals surface area contributed by atoms with Crippen LogP contribution in [0, 0.1) is 23.7 Å². The molecule has 3 saturated carbocycles. The second-order valence-electron chi connectivity index (χ2n) is 9.87. The summed E-state index contributed by atoms with van der Waals surface area (Å²) in [4.78, 5) is 2.17. The van der Waals surface area contributed by atoms with E-state index >= 15 is 0 Å². The molecule has 2 heterocycles. The fraction of sp³-hybridized carbons (Fsp3) is 0.727. The maximum Gasteiger partial charge on any atom is 0.416 e. The SMILES string of the molecule is FC(F)(F)c1cc(N2N=N[C@H]3[C@@H]4C[C@H]([C@H]5CCC[C@H]45)[C@@]32N2CCOCC2)cc(C(F)(F)F)c1. The second-order valence-corrected chi connectivity index (χ2v) is 9.87. The highest BCUT2D eigenvalue weighted by molar-refractivity contribution is 5.56. The minimum Gasteiger partial charge on any atom is -0.379 e. The quantitative estimate of drug-likeness (QED) is 0.541. The summed E-state index contributed by atoms with van der Waals surface area (Å²) in [5.74, 6) is 1.26. The molecule has 5 aliphatic rings. The summed E-state index contributed by atoms with van der Waals surface area (Å²) in [5.41, 5.74) is -3.69. The largest absolute Gasteiger partial charge is 0.416 e.